The number of allylic oxidation sites excluding steroid dienone is 10. The van der Waals surface area contributed by atoms with Crippen LogP contribution in [0.15, 0.2) is 60.8 Å². The second-order valence-electron chi connectivity index (χ2n) is 13.7. The number of hydrogen-bond acceptors (Lipinski definition) is 9. The highest BCUT2D eigenvalue weighted by Gasteiger charge is 2.27. The van der Waals surface area contributed by atoms with Crippen LogP contribution in [0.25, 0.3) is 0 Å². The van der Waals surface area contributed by atoms with E-state index in [-0.39, 0.29) is 19.4 Å². The van der Waals surface area contributed by atoms with Crippen LogP contribution in [-0.4, -0.2) is 65.7 Å². The van der Waals surface area contributed by atoms with E-state index in [4.69, 9.17) is 19.1 Å². The van der Waals surface area contributed by atoms with Gasteiger partial charge in [0.25, 0.3) is 0 Å². The zero-order chi connectivity index (χ0) is 39.8. The van der Waals surface area contributed by atoms with Gasteiger partial charge in [-0.1, -0.05) is 158 Å². The Balaban J connectivity index is 4.44. The third kappa shape index (κ3) is 38.0. The van der Waals surface area contributed by atoms with Crippen molar-refractivity contribution in [2.75, 3.05) is 26.4 Å². The molecule has 3 atom stereocenters. The largest absolute Gasteiger partial charge is 0.472 e. The molecule has 0 spiro atoms. The first-order valence-electron chi connectivity index (χ1n) is 20.7. The average molecular weight is 783 g/mol. The quantitative estimate of drug-likeness (QED) is 0.0239. The molecule has 312 valence electrons. The van der Waals surface area contributed by atoms with E-state index in [1.54, 1.807) is 0 Å². The van der Waals surface area contributed by atoms with Crippen LogP contribution < -0.4 is 0 Å². The van der Waals surface area contributed by atoms with Gasteiger partial charge in [-0.25, -0.2) is 4.57 Å². The molecule has 0 radical (unpaired) electrons. The summed E-state index contributed by atoms with van der Waals surface area (Å²) in [6.07, 6.45) is 42.0. The van der Waals surface area contributed by atoms with Crippen molar-refractivity contribution in [2.45, 2.75) is 174 Å². The van der Waals surface area contributed by atoms with Crippen molar-refractivity contribution in [2.24, 2.45) is 0 Å². The van der Waals surface area contributed by atoms with Crippen LogP contribution >= 0.6 is 7.82 Å². The second kappa shape index (κ2) is 38.9. The summed E-state index contributed by atoms with van der Waals surface area (Å²) in [5, 5.41) is 18.3. The topological polar surface area (TPSA) is 149 Å². The zero-order valence-corrected chi connectivity index (χ0v) is 34.6. The Bertz CT molecular complexity index is 1080. The number of carbonyl (C=O) groups is 2. The van der Waals surface area contributed by atoms with E-state index in [0.29, 0.717) is 12.8 Å². The Labute approximate surface area is 327 Å². The normalized spacial score (nSPS) is 14.5. The lowest BCUT2D eigenvalue weighted by Gasteiger charge is -2.20. The summed E-state index contributed by atoms with van der Waals surface area (Å²) < 4.78 is 32.6. The summed E-state index contributed by atoms with van der Waals surface area (Å²) in [6.45, 7) is 2.25. The van der Waals surface area contributed by atoms with Crippen LogP contribution in [0.4, 0.5) is 0 Å². The maximum absolute atomic E-state index is 12.6. The molecule has 1 unspecified atom stereocenters. The number of unbranched alkanes of at least 4 members (excludes halogenated alkanes) is 14. The predicted octanol–water partition coefficient (Wildman–Crippen LogP) is 10.7. The Morgan fingerprint density at radius 1 is 0.556 bits per heavy atom. The fourth-order valence-electron chi connectivity index (χ4n) is 5.21. The molecule has 0 heterocycles. The van der Waals surface area contributed by atoms with Crippen LogP contribution in [0.1, 0.15) is 162 Å². The second-order valence-corrected chi connectivity index (χ2v) is 15.1. The molecular weight excluding hydrogens is 707 g/mol. The number of phosphoric ester groups is 1. The molecule has 0 saturated heterocycles. The summed E-state index contributed by atoms with van der Waals surface area (Å²) in [5.74, 6) is -1.02. The van der Waals surface area contributed by atoms with Gasteiger partial charge in [0.15, 0.2) is 6.10 Å². The molecule has 10 nitrogen and oxygen atoms in total. The van der Waals surface area contributed by atoms with Crippen molar-refractivity contribution in [3.63, 3.8) is 0 Å². The van der Waals surface area contributed by atoms with Gasteiger partial charge < -0.3 is 24.6 Å². The Morgan fingerprint density at radius 2 is 1.00 bits per heavy atom. The molecule has 54 heavy (non-hydrogen) atoms. The van der Waals surface area contributed by atoms with Crippen molar-refractivity contribution < 1.29 is 47.8 Å². The lowest BCUT2D eigenvalue weighted by Crippen LogP contribution is -2.29. The molecule has 3 N–H and O–H groups in total. The van der Waals surface area contributed by atoms with Crippen LogP contribution in [-0.2, 0) is 32.7 Å². The number of carbonyl (C=O) groups excluding carboxylic acids is 2. The van der Waals surface area contributed by atoms with Crippen molar-refractivity contribution in [1.29, 1.82) is 0 Å². The zero-order valence-electron chi connectivity index (χ0n) is 33.7. The van der Waals surface area contributed by atoms with Gasteiger partial charge in [0, 0.05) is 12.8 Å². The van der Waals surface area contributed by atoms with Crippen molar-refractivity contribution in [1.82, 2.24) is 0 Å². The van der Waals surface area contributed by atoms with E-state index in [1.807, 2.05) is 12.2 Å². The highest BCUT2D eigenvalue weighted by atomic mass is 31.2. The van der Waals surface area contributed by atoms with Crippen LogP contribution in [0, 0.1) is 0 Å². The molecule has 11 heteroatoms. The number of aliphatic hydroxyl groups is 2. The summed E-state index contributed by atoms with van der Waals surface area (Å²) in [5.41, 5.74) is 0. The fourth-order valence-corrected chi connectivity index (χ4v) is 6.00. The van der Waals surface area contributed by atoms with Gasteiger partial charge in [-0.15, -0.1) is 0 Å². The van der Waals surface area contributed by atoms with E-state index in [0.717, 1.165) is 44.9 Å². The molecule has 0 aromatic heterocycles. The average Bonchev–Trinajstić information content (AvgIpc) is 3.16. The lowest BCUT2D eigenvalue weighted by atomic mass is 10.0. The number of esters is 2. The first kappa shape index (κ1) is 51.7. The van der Waals surface area contributed by atoms with E-state index < -0.39 is 51.8 Å². The molecule has 0 rings (SSSR count). The standard InChI is InChI=1S/C43H75O10P/c1-3-5-7-9-11-13-15-17-18-19-20-21-22-23-25-26-28-30-32-34-42(46)50-38-41(39-52-54(48,49)51-37-40(45)36-44)53-43(47)35-33-31-29-27-24-16-14-12-10-8-6-4-2/h11,13,17-18,20-21,23,25,28,30,40-41,44-45H,3-10,12,14-16,19,22,24,26-27,29,31-39H2,1-2H3,(H,48,49)/b13-11+,18-17+,21-20+,25-23+,30-28+/t40-,41+/m1/s1. The maximum atomic E-state index is 12.6. The van der Waals surface area contributed by atoms with Crippen molar-refractivity contribution >= 4 is 19.8 Å². The van der Waals surface area contributed by atoms with Crippen LogP contribution in [0.5, 0.6) is 0 Å². The van der Waals surface area contributed by atoms with Crippen LogP contribution in [0.3, 0.4) is 0 Å². The Hall–Kier alpha value is -2.33. The van der Waals surface area contributed by atoms with Gasteiger partial charge in [0.05, 0.1) is 19.8 Å². The number of rotatable bonds is 38. The SMILES string of the molecule is CCCCC/C=C/C/C=C/C/C=C/C/C=C/C/C=C/CCC(=O)OC[C@@H](COP(=O)(O)OC[C@H](O)CO)OC(=O)CCCCCCCCCCCCCC. The lowest BCUT2D eigenvalue weighted by molar-refractivity contribution is -0.161. The molecule has 0 aliphatic carbocycles. The number of ether oxygens (including phenoxy) is 2. The summed E-state index contributed by atoms with van der Waals surface area (Å²) in [4.78, 5) is 34.9. The summed E-state index contributed by atoms with van der Waals surface area (Å²) in [6, 6.07) is 0. The minimum Gasteiger partial charge on any atom is -0.462 e. The Kier molecular flexibility index (Phi) is 37.2. The van der Waals surface area contributed by atoms with E-state index in [9.17, 15) is 24.2 Å². The molecule has 0 aromatic rings. The smallest absolute Gasteiger partial charge is 0.462 e. The van der Waals surface area contributed by atoms with Gasteiger partial charge >= 0.3 is 19.8 Å². The molecule has 0 aliphatic rings. The first-order valence-corrected chi connectivity index (χ1v) is 22.2. The summed E-state index contributed by atoms with van der Waals surface area (Å²) in [7, 11) is -4.63. The molecule has 0 bridgehead atoms. The third-order valence-corrected chi connectivity index (χ3v) is 9.39. The number of hydrogen-bond donors (Lipinski definition) is 3. The van der Waals surface area contributed by atoms with Crippen molar-refractivity contribution in [3.8, 4) is 0 Å². The van der Waals surface area contributed by atoms with E-state index in [1.165, 1.54) is 77.0 Å². The summed E-state index contributed by atoms with van der Waals surface area (Å²) >= 11 is 0. The Morgan fingerprint density at radius 3 is 1.52 bits per heavy atom. The van der Waals surface area contributed by atoms with E-state index in [2.05, 4.69) is 67.0 Å². The van der Waals surface area contributed by atoms with Gasteiger partial charge in [-0.05, 0) is 51.4 Å². The third-order valence-electron chi connectivity index (χ3n) is 8.44. The monoisotopic (exact) mass is 783 g/mol. The predicted molar refractivity (Wildman–Crippen MR) is 219 cm³/mol. The molecule has 0 amide bonds. The van der Waals surface area contributed by atoms with Gasteiger partial charge in [0.1, 0.15) is 12.7 Å². The number of aliphatic hydroxyl groups excluding tert-OH is 2. The fraction of sp³-hybridized carbons (Fsp3) is 0.721. The molecule has 0 aromatic carbocycles. The minimum atomic E-state index is -4.63. The van der Waals surface area contributed by atoms with Gasteiger partial charge in [-0.2, -0.15) is 0 Å². The van der Waals surface area contributed by atoms with Gasteiger partial charge in [0.2, 0.25) is 0 Å². The highest BCUT2D eigenvalue weighted by Crippen LogP contribution is 2.43. The van der Waals surface area contributed by atoms with Crippen molar-refractivity contribution in [3.05, 3.63) is 60.8 Å². The molecular formula is C43H75O10P. The van der Waals surface area contributed by atoms with Crippen LogP contribution in [0.2, 0.25) is 0 Å². The maximum Gasteiger partial charge on any atom is 0.472 e. The van der Waals surface area contributed by atoms with Gasteiger partial charge in [-0.3, -0.25) is 18.6 Å². The van der Waals surface area contributed by atoms with E-state index >= 15 is 0 Å². The molecule has 0 aliphatic heterocycles. The highest BCUT2D eigenvalue weighted by molar-refractivity contribution is 7.47. The number of phosphoric acid groups is 1. The molecule has 0 fully saturated rings. The first-order chi connectivity index (χ1) is 26.2. The molecule has 0 saturated carbocycles. The minimum absolute atomic E-state index is 0.117.